The third kappa shape index (κ3) is 2.81. The van der Waals surface area contributed by atoms with E-state index in [1.165, 1.54) is 12.4 Å². The van der Waals surface area contributed by atoms with Gasteiger partial charge in [-0.2, -0.15) is 0 Å². The normalized spacial score (nSPS) is 9.65. The number of nitrogens with zero attached hydrogens (tertiary/aromatic N) is 3. The minimum absolute atomic E-state index is 0.0469. The molecule has 0 fully saturated rings. The molecule has 2 N–H and O–H groups in total. The first-order chi connectivity index (χ1) is 8.11. The van der Waals surface area contributed by atoms with Crippen LogP contribution in [-0.4, -0.2) is 23.0 Å². The Balaban J connectivity index is 3.26. The van der Waals surface area contributed by atoms with Crippen LogP contribution in [0.4, 0.5) is 17.1 Å². The largest absolute Gasteiger partial charge is 0.392 e. The second-order valence-electron chi connectivity index (χ2n) is 3.34. The molecule has 1 aromatic rings. The van der Waals surface area contributed by atoms with Gasteiger partial charge in [-0.05, 0) is 0 Å². The maximum atomic E-state index is 11.0. The van der Waals surface area contributed by atoms with Crippen molar-refractivity contribution in [3.8, 4) is 0 Å². The van der Waals surface area contributed by atoms with Crippen molar-refractivity contribution >= 4 is 17.1 Å². The molecule has 0 amide bonds. The number of hydrogen-bond acceptors (Lipinski definition) is 5. The second kappa shape index (κ2) is 5.64. The molecular weight excluding hydrogens is 220 g/mol. The smallest absolute Gasteiger partial charge is 0.318 e. The Hall–Kier alpha value is -2.37. The Morgan fingerprint density at radius 2 is 2.00 bits per heavy atom. The summed E-state index contributed by atoms with van der Waals surface area (Å²) in [5.74, 6) is 0. The molecule has 1 rings (SSSR count). The molecule has 0 saturated heterocycles. The highest BCUT2D eigenvalue weighted by atomic mass is 16.6. The van der Waals surface area contributed by atoms with E-state index in [9.17, 15) is 10.1 Å². The van der Waals surface area contributed by atoms with Crippen LogP contribution >= 0.6 is 0 Å². The van der Waals surface area contributed by atoms with Gasteiger partial charge in [-0.15, -0.1) is 13.2 Å². The number of nitrogens with two attached hydrogens (primary N) is 1. The van der Waals surface area contributed by atoms with Gasteiger partial charge in [0, 0.05) is 13.1 Å². The molecule has 0 atom stereocenters. The molecule has 17 heavy (non-hydrogen) atoms. The maximum Gasteiger partial charge on any atom is 0.318 e. The molecule has 0 unspecified atom stereocenters. The van der Waals surface area contributed by atoms with Crippen LogP contribution in [-0.2, 0) is 0 Å². The summed E-state index contributed by atoms with van der Waals surface area (Å²) in [7, 11) is 0. The van der Waals surface area contributed by atoms with Crippen LogP contribution in [0.25, 0.3) is 0 Å². The topological polar surface area (TPSA) is 85.3 Å². The lowest BCUT2D eigenvalue weighted by Gasteiger charge is -2.21. The summed E-state index contributed by atoms with van der Waals surface area (Å²) in [6.45, 7) is 8.13. The molecule has 0 spiro atoms. The number of pyridine rings is 1. The quantitative estimate of drug-likeness (QED) is 0.460. The van der Waals surface area contributed by atoms with Crippen molar-refractivity contribution < 1.29 is 4.92 Å². The Morgan fingerprint density at radius 1 is 1.41 bits per heavy atom. The van der Waals surface area contributed by atoms with Gasteiger partial charge >= 0.3 is 5.69 Å². The van der Waals surface area contributed by atoms with E-state index in [1.54, 1.807) is 17.1 Å². The standard InChI is InChI=1S/C11H14N4O2/c1-3-5-14(6-4-2)10-8-13-7-9(12)11(10)15(16)17/h3-4,7-8H,1-2,5-6,12H2. The van der Waals surface area contributed by atoms with E-state index in [4.69, 9.17) is 5.73 Å². The highest BCUT2D eigenvalue weighted by Crippen LogP contribution is 2.32. The SMILES string of the molecule is C=CCN(CC=C)c1cncc(N)c1[N+](=O)[O-]. The molecule has 0 radical (unpaired) electrons. The van der Waals surface area contributed by atoms with E-state index in [2.05, 4.69) is 18.1 Å². The van der Waals surface area contributed by atoms with Gasteiger partial charge in [0.2, 0.25) is 0 Å². The van der Waals surface area contributed by atoms with E-state index in [0.717, 1.165) is 0 Å². The fourth-order valence-electron chi connectivity index (χ4n) is 1.47. The molecule has 0 aliphatic carbocycles. The Morgan fingerprint density at radius 3 is 2.47 bits per heavy atom. The molecule has 6 heteroatoms. The first kappa shape index (κ1) is 12.7. The predicted molar refractivity (Wildman–Crippen MR) is 67.9 cm³/mol. The average Bonchev–Trinajstić information content (AvgIpc) is 2.28. The number of nitro groups is 1. The van der Waals surface area contributed by atoms with E-state index in [-0.39, 0.29) is 11.4 Å². The summed E-state index contributed by atoms with van der Waals surface area (Å²) in [5.41, 5.74) is 5.85. The fourth-order valence-corrected chi connectivity index (χ4v) is 1.47. The van der Waals surface area contributed by atoms with Crippen LogP contribution in [0.3, 0.4) is 0 Å². The summed E-state index contributed by atoms with van der Waals surface area (Å²) in [5, 5.41) is 11.0. The van der Waals surface area contributed by atoms with E-state index in [0.29, 0.717) is 18.8 Å². The van der Waals surface area contributed by atoms with Crippen LogP contribution in [0.5, 0.6) is 0 Å². The maximum absolute atomic E-state index is 11.0. The van der Waals surface area contributed by atoms with Crippen LogP contribution in [0.15, 0.2) is 37.7 Å². The van der Waals surface area contributed by atoms with Gasteiger partial charge < -0.3 is 10.6 Å². The molecule has 0 aromatic carbocycles. The summed E-state index contributed by atoms with van der Waals surface area (Å²) < 4.78 is 0. The van der Waals surface area contributed by atoms with E-state index in [1.807, 2.05) is 0 Å². The first-order valence-electron chi connectivity index (χ1n) is 4.96. The summed E-state index contributed by atoms with van der Waals surface area (Å²) in [6.07, 6.45) is 5.98. The van der Waals surface area contributed by atoms with Gasteiger partial charge in [-0.25, -0.2) is 0 Å². The molecule has 90 valence electrons. The van der Waals surface area contributed by atoms with Crippen molar-refractivity contribution in [3.05, 3.63) is 47.8 Å². The number of nitrogen functional groups attached to an aromatic ring is 1. The van der Waals surface area contributed by atoms with Crippen molar-refractivity contribution in [1.82, 2.24) is 4.98 Å². The molecule has 0 aliphatic heterocycles. The van der Waals surface area contributed by atoms with Crippen molar-refractivity contribution in [2.75, 3.05) is 23.7 Å². The number of hydrogen-bond donors (Lipinski definition) is 1. The summed E-state index contributed by atoms with van der Waals surface area (Å²) >= 11 is 0. The molecular formula is C11H14N4O2. The van der Waals surface area contributed by atoms with Crippen LogP contribution < -0.4 is 10.6 Å². The van der Waals surface area contributed by atoms with E-state index < -0.39 is 4.92 Å². The third-order valence-corrected chi connectivity index (χ3v) is 2.15. The predicted octanol–water partition coefficient (Wildman–Crippen LogP) is 1.75. The molecule has 0 saturated carbocycles. The van der Waals surface area contributed by atoms with Gasteiger partial charge in [-0.1, -0.05) is 12.2 Å². The first-order valence-corrected chi connectivity index (χ1v) is 4.96. The minimum atomic E-state index is -0.508. The Labute approximate surface area is 99.2 Å². The van der Waals surface area contributed by atoms with Gasteiger partial charge in [0.15, 0.2) is 0 Å². The lowest BCUT2D eigenvalue weighted by atomic mass is 10.2. The van der Waals surface area contributed by atoms with Crippen LogP contribution in [0.1, 0.15) is 0 Å². The van der Waals surface area contributed by atoms with Crippen molar-refractivity contribution in [2.45, 2.75) is 0 Å². The molecule has 1 aromatic heterocycles. The third-order valence-electron chi connectivity index (χ3n) is 2.15. The second-order valence-corrected chi connectivity index (χ2v) is 3.34. The monoisotopic (exact) mass is 234 g/mol. The molecule has 6 nitrogen and oxygen atoms in total. The average molecular weight is 234 g/mol. The lowest BCUT2D eigenvalue weighted by molar-refractivity contribution is -0.383. The molecule has 0 aliphatic rings. The number of anilines is 2. The van der Waals surface area contributed by atoms with Gasteiger partial charge in [-0.3, -0.25) is 15.1 Å². The van der Waals surface area contributed by atoms with Gasteiger partial charge in [0.25, 0.3) is 0 Å². The zero-order valence-electron chi connectivity index (χ0n) is 9.37. The number of aromatic nitrogens is 1. The van der Waals surface area contributed by atoms with Gasteiger partial charge in [0.1, 0.15) is 11.4 Å². The molecule has 0 bridgehead atoms. The number of rotatable bonds is 6. The molecule has 1 heterocycles. The van der Waals surface area contributed by atoms with Gasteiger partial charge in [0.05, 0.1) is 17.3 Å². The van der Waals surface area contributed by atoms with Crippen molar-refractivity contribution in [1.29, 1.82) is 0 Å². The highest BCUT2D eigenvalue weighted by Gasteiger charge is 2.22. The summed E-state index contributed by atoms with van der Waals surface area (Å²) in [4.78, 5) is 16.1. The van der Waals surface area contributed by atoms with Crippen molar-refractivity contribution in [3.63, 3.8) is 0 Å². The van der Waals surface area contributed by atoms with Crippen LogP contribution in [0.2, 0.25) is 0 Å². The Kier molecular flexibility index (Phi) is 4.21. The Bertz CT molecular complexity index is 435. The highest BCUT2D eigenvalue weighted by molar-refractivity contribution is 5.74. The zero-order chi connectivity index (χ0) is 12.8. The summed E-state index contributed by atoms with van der Waals surface area (Å²) in [6, 6.07) is 0. The van der Waals surface area contributed by atoms with E-state index >= 15 is 0 Å². The minimum Gasteiger partial charge on any atom is -0.392 e. The fraction of sp³-hybridized carbons (Fsp3) is 0.182. The zero-order valence-corrected chi connectivity index (χ0v) is 9.37. The van der Waals surface area contributed by atoms with Crippen LogP contribution in [0, 0.1) is 10.1 Å². The van der Waals surface area contributed by atoms with Crippen molar-refractivity contribution in [2.24, 2.45) is 0 Å². The lowest BCUT2D eigenvalue weighted by Crippen LogP contribution is -2.24.